The smallest absolute Gasteiger partial charge is 0.435 e. The number of aromatic nitrogens is 2. The van der Waals surface area contributed by atoms with Gasteiger partial charge in [0.25, 0.3) is 5.91 Å². The number of hydrogen-bond donors (Lipinski definition) is 4. The van der Waals surface area contributed by atoms with Crippen molar-refractivity contribution in [3.8, 4) is 5.69 Å². The van der Waals surface area contributed by atoms with Gasteiger partial charge in [0.2, 0.25) is 5.91 Å². The Labute approximate surface area is 230 Å². The molecule has 6 N–H and O–H groups in total. The van der Waals surface area contributed by atoms with Gasteiger partial charge in [-0.15, -0.1) is 0 Å². The molecule has 0 radical (unpaired) electrons. The van der Waals surface area contributed by atoms with Crippen LogP contribution in [0.25, 0.3) is 5.69 Å². The van der Waals surface area contributed by atoms with Crippen molar-refractivity contribution >= 4 is 23.5 Å². The summed E-state index contributed by atoms with van der Waals surface area (Å²) in [5, 5.41) is 9.68. The number of alkyl halides is 3. The number of fused-ring (bicyclic) bond motifs is 1. The first-order chi connectivity index (χ1) is 18.8. The van der Waals surface area contributed by atoms with Crippen molar-refractivity contribution in [1.29, 1.82) is 0 Å². The van der Waals surface area contributed by atoms with Crippen LogP contribution in [0.15, 0.2) is 18.2 Å². The van der Waals surface area contributed by atoms with E-state index in [1.165, 1.54) is 10.7 Å². The van der Waals surface area contributed by atoms with Gasteiger partial charge in [-0.05, 0) is 68.6 Å². The van der Waals surface area contributed by atoms with Gasteiger partial charge in [0, 0.05) is 23.0 Å². The van der Waals surface area contributed by atoms with Crippen LogP contribution in [-0.4, -0.2) is 52.8 Å². The molecule has 1 aromatic heterocycles. The molecule has 0 bridgehead atoms. The number of primary amides is 1. The normalized spacial score (nSPS) is 20.4. The summed E-state index contributed by atoms with van der Waals surface area (Å²) in [4.78, 5) is 35.4. The summed E-state index contributed by atoms with van der Waals surface area (Å²) in [7, 11) is 0. The van der Waals surface area contributed by atoms with Gasteiger partial charge in [0.05, 0.1) is 17.8 Å². The molecule has 218 valence electrons. The van der Waals surface area contributed by atoms with E-state index in [-0.39, 0.29) is 48.2 Å². The maximum absolute atomic E-state index is 13.9. The molecule has 2 aliphatic rings. The van der Waals surface area contributed by atoms with E-state index < -0.39 is 29.7 Å². The minimum absolute atomic E-state index is 0.0866. The molecule has 1 aromatic carbocycles. The molecule has 4 rings (SSSR count). The minimum Gasteiger partial charge on any atom is -0.461 e. The van der Waals surface area contributed by atoms with Crippen LogP contribution in [0.1, 0.15) is 73.3 Å². The van der Waals surface area contributed by atoms with Crippen LogP contribution >= 0.6 is 0 Å². The number of hydrogen-bond acceptors (Lipinski definition) is 7. The van der Waals surface area contributed by atoms with Gasteiger partial charge >= 0.3 is 12.1 Å². The van der Waals surface area contributed by atoms with Gasteiger partial charge in [-0.3, -0.25) is 14.4 Å². The molecule has 10 nitrogen and oxygen atoms in total. The zero-order chi connectivity index (χ0) is 29.2. The van der Waals surface area contributed by atoms with E-state index in [2.05, 4.69) is 15.7 Å². The molecule has 1 fully saturated rings. The molecule has 2 aromatic rings. The van der Waals surface area contributed by atoms with Crippen molar-refractivity contribution < 1.29 is 32.3 Å². The second-order valence-corrected chi connectivity index (χ2v) is 11.2. The summed E-state index contributed by atoms with van der Waals surface area (Å²) >= 11 is 0. The SMILES string of the molecule is CC1(C)CCc2c(C(F)(F)F)nn(-c3ccc(C(N)=O)c(NC4CCC(OC(=O)CNC(=O)CN)CC4)c3)c2C1. The van der Waals surface area contributed by atoms with Gasteiger partial charge in [0.1, 0.15) is 12.6 Å². The third-order valence-corrected chi connectivity index (χ3v) is 7.52. The largest absolute Gasteiger partial charge is 0.461 e. The summed E-state index contributed by atoms with van der Waals surface area (Å²) in [6.07, 6.45) is -1.22. The molecule has 0 saturated heterocycles. The molecule has 0 spiro atoms. The van der Waals surface area contributed by atoms with Crippen molar-refractivity contribution in [1.82, 2.24) is 15.1 Å². The number of anilines is 1. The minimum atomic E-state index is -4.58. The fraction of sp³-hybridized carbons (Fsp3) is 0.556. The van der Waals surface area contributed by atoms with Crippen LogP contribution in [0, 0.1) is 5.41 Å². The van der Waals surface area contributed by atoms with E-state index in [0.29, 0.717) is 55.6 Å². The lowest BCUT2D eigenvalue weighted by Crippen LogP contribution is -2.37. The van der Waals surface area contributed by atoms with Crippen molar-refractivity contribution in [3.05, 3.63) is 40.7 Å². The Hall–Kier alpha value is -3.61. The number of benzene rings is 1. The van der Waals surface area contributed by atoms with Crippen molar-refractivity contribution in [2.45, 2.75) is 77.1 Å². The number of nitrogens with zero attached hydrogens (tertiary/aromatic N) is 2. The number of nitrogens with two attached hydrogens (primary N) is 2. The van der Waals surface area contributed by atoms with Crippen molar-refractivity contribution in [2.24, 2.45) is 16.9 Å². The first kappa shape index (κ1) is 29.4. The maximum Gasteiger partial charge on any atom is 0.435 e. The Kier molecular flexibility index (Phi) is 8.43. The van der Waals surface area contributed by atoms with Crippen LogP contribution in [0.2, 0.25) is 0 Å². The predicted octanol–water partition coefficient (Wildman–Crippen LogP) is 2.85. The lowest BCUT2D eigenvalue weighted by molar-refractivity contribution is -0.150. The van der Waals surface area contributed by atoms with Crippen LogP contribution in [-0.2, 0) is 33.3 Å². The van der Waals surface area contributed by atoms with Crippen LogP contribution in [0.4, 0.5) is 18.9 Å². The number of carbonyl (C=O) groups is 3. The molecular formula is C27H35F3N6O4. The van der Waals surface area contributed by atoms with E-state index in [9.17, 15) is 27.6 Å². The Balaban J connectivity index is 1.52. The summed E-state index contributed by atoms with van der Waals surface area (Å²) in [5.41, 5.74) is 11.5. The lowest BCUT2D eigenvalue weighted by atomic mass is 9.76. The number of nitrogens with one attached hydrogen (secondary N) is 2. The first-order valence-corrected chi connectivity index (χ1v) is 13.3. The monoisotopic (exact) mass is 564 g/mol. The second kappa shape index (κ2) is 11.5. The molecule has 13 heteroatoms. The number of esters is 1. The Morgan fingerprint density at radius 3 is 2.50 bits per heavy atom. The molecule has 1 heterocycles. The highest BCUT2D eigenvalue weighted by atomic mass is 19.4. The quantitative estimate of drug-likeness (QED) is 0.360. The summed E-state index contributed by atoms with van der Waals surface area (Å²) in [6, 6.07) is 4.58. The van der Waals surface area contributed by atoms with Gasteiger partial charge < -0.3 is 26.8 Å². The third-order valence-electron chi connectivity index (χ3n) is 7.52. The zero-order valence-corrected chi connectivity index (χ0v) is 22.6. The standard InChI is InChI=1S/C27H35F3N6O4/c1-26(2)10-9-19-21(12-26)36(35-24(19)27(28,29)30)16-5-8-18(25(32)39)20(11-16)34-15-3-6-17(7-4-15)40-23(38)14-33-22(37)13-31/h5,8,11,15,17,34H,3-4,6-7,9-10,12-14,31H2,1-2H3,(H2,32,39)(H,33,37). The molecule has 2 amide bonds. The number of ether oxygens (including phenoxy) is 1. The number of carbonyl (C=O) groups excluding carboxylic acids is 3. The number of amides is 2. The van der Waals surface area contributed by atoms with Gasteiger partial charge in [-0.2, -0.15) is 18.3 Å². The average molecular weight is 565 g/mol. The lowest BCUT2D eigenvalue weighted by Gasteiger charge is -2.31. The highest BCUT2D eigenvalue weighted by molar-refractivity contribution is 5.99. The highest BCUT2D eigenvalue weighted by Gasteiger charge is 2.42. The van der Waals surface area contributed by atoms with Gasteiger partial charge in [0.15, 0.2) is 5.69 Å². The van der Waals surface area contributed by atoms with E-state index >= 15 is 0 Å². The first-order valence-electron chi connectivity index (χ1n) is 13.3. The zero-order valence-electron chi connectivity index (χ0n) is 22.6. The molecule has 0 atom stereocenters. The van der Waals surface area contributed by atoms with E-state index in [1.54, 1.807) is 12.1 Å². The molecular weight excluding hydrogens is 529 g/mol. The fourth-order valence-electron chi connectivity index (χ4n) is 5.39. The van der Waals surface area contributed by atoms with Gasteiger partial charge in [-0.1, -0.05) is 13.8 Å². The van der Waals surface area contributed by atoms with Crippen LogP contribution in [0.5, 0.6) is 0 Å². The topological polar surface area (TPSA) is 154 Å². The van der Waals surface area contributed by atoms with E-state index in [1.807, 2.05) is 13.8 Å². The van der Waals surface area contributed by atoms with Crippen molar-refractivity contribution in [2.75, 3.05) is 18.4 Å². The molecule has 0 aliphatic heterocycles. The number of rotatable bonds is 8. The Morgan fingerprint density at radius 2 is 1.88 bits per heavy atom. The maximum atomic E-state index is 13.9. The average Bonchev–Trinajstić information content (AvgIpc) is 3.26. The van der Waals surface area contributed by atoms with Crippen molar-refractivity contribution in [3.63, 3.8) is 0 Å². The molecule has 1 saturated carbocycles. The summed E-state index contributed by atoms with van der Waals surface area (Å²) in [6.45, 7) is 3.57. The molecule has 0 unspecified atom stereocenters. The Bertz CT molecular complexity index is 1280. The van der Waals surface area contributed by atoms with Crippen LogP contribution < -0.4 is 22.1 Å². The second-order valence-electron chi connectivity index (χ2n) is 11.2. The van der Waals surface area contributed by atoms with Crippen LogP contribution in [0.3, 0.4) is 0 Å². The fourth-order valence-corrected chi connectivity index (χ4v) is 5.39. The summed E-state index contributed by atoms with van der Waals surface area (Å²) in [5.74, 6) is -1.67. The number of halogens is 3. The van der Waals surface area contributed by atoms with E-state index in [0.717, 1.165) is 0 Å². The predicted molar refractivity (Wildman–Crippen MR) is 141 cm³/mol. The molecule has 2 aliphatic carbocycles. The molecule has 40 heavy (non-hydrogen) atoms. The van der Waals surface area contributed by atoms with Gasteiger partial charge in [-0.25, -0.2) is 4.68 Å². The Morgan fingerprint density at radius 1 is 1.18 bits per heavy atom. The third kappa shape index (κ3) is 6.75. The highest BCUT2D eigenvalue weighted by Crippen LogP contribution is 2.42. The van der Waals surface area contributed by atoms with E-state index in [4.69, 9.17) is 16.2 Å². The summed E-state index contributed by atoms with van der Waals surface area (Å²) < 4.78 is 48.3.